The van der Waals surface area contributed by atoms with Crippen LogP contribution in [0.4, 0.5) is 0 Å². The number of hydrogen-bond acceptors (Lipinski definition) is 4. The number of nitrogens with zero attached hydrogens (tertiary/aromatic N) is 1. The molecule has 0 aromatic carbocycles. The number of oxime groups is 1. The molecule has 0 spiro atoms. The second-order valence-electron chi connectivity index (χ2n) is 2.97. The van der Waals surface area contributed by atoms with Crippen LogP contribution in [0.15, 0.2) is 5.16 Å². The van der Waals surface area contributed by atoms with Gasteiger partial charge in [0, 0.05) is 11.8 Å². The zero-order valence-corrected chi connectivity index (χ0v) is 9.27. The van der Waals surface area contributed by atoms with Crippen molar-refractivity contribution in [3.63, 3.8) is 0 Å². The molecule has 2 unspecified atom stereocenters. The minimum absolute atomic E-state index is 0.0675. The van der Waals surface area contributed by atoms with Gasteiger partial charge in [-0.25, -0.2) is 0 Å². The van der Waals surface area contributed by atoms with Crippen LogP contribution in [0.3, 0.4) is 0 Å². The number of nitrogens with two attached hydrogens (primary N) is 1. The maximum Gasteiger partial charge on any atom is 0.156 e. The molecule has 0 fully saturated rings. The number of amidine groups is 1. The van der Waals surface area contributed by atoms with Crippen LogP contribution in [0.25, 0.3) is 0 Å². The maximum atomic E-state index is 8.44. The molecule has 2 atom stereocenters. The van der Waals surface area contributed by atoms with Crippen LogP contribution >= 0.6 is 11.8 Å². The topological polar surface area (TPSA) is 70.6 Å². The largest absolute Gasteiger partial charge is 0.409 e. The van der Waals surface area contributed by atoms with Crippen LogP contribution in [0, 0.1) is 0 Å². The predicted octanol–water partition coefficient (Wildman–Crippen LogP) is 0.853. The molecule has 0 aliphatic rings. The summed E-state index contributed by atoms with van der Waals surface area (Å²) in [4.78, 5) is 0. The molecule has 0 aliphatic heterocycles. The number of hydrogen-bond donors (Lipinski definition) is 3. The highest BCUT2D eigenvalue weighted by Crippen LogP contribution is 2.02. The molecule has 0 radical (unpaired) electrons. The van der Waals surface area contributed by atoms with Crippen LogP contribution < -0.4 is 11.1 Å². The molecule has 0 aromatic heterocycles. The van der Waals surface area contributed by atoms with Gasteiger partial charge in [-0.3, -0.25) is 0 Å². The fourth-order valence-corrected chi connectivity index (χ4v) is 1.74. The molecule has 13 heavy (non-hydrogen) atoms. The number of thioether (sulfide) groups is 1. The molecule has 78 valence electrons. The van der Waals surface area contributed by atoms with E-state index in [1.807, 2.05) is 6.92 Å². The minimum atomic E-state index is -0.0675. The molecule has 4 N–H and O–H groups in total. The van der Waals surface area contributed by atoms with Crippen LogP contribution in [-0.2, 0) is 0 Å². The van der Waals surface area contributed by atoms with Gasteiger partial charge in [0.25, 0.3) is 0 Å². The van der Waals surface area contributed by atoms with Gasteiger partial charge >= 0.3 is 0 Å². The highest BCUT2D eigenvalue weighted by molar-refractivity contribution is 7.98. The monoisotopic (exact) mass is 205 g/mol. The van der Waals surface area contributed by atoms with Gasteiger partial charge in [-0.1, -0.05) is 12.1 Å². The second-order valence-corrected chi connectivity index (χ2v) is 3.88. The van der Waals surface area contributed by atoms with Crippen LogP contribution in [0.1, 0.15) is 20.3 Å². The van der Waals surface area contributed by atoms with Gasteiger partial charge in [0.15, 0.2) is 5.84 Å². The summed E-state index contributed by atoms with van der Waals surface area (Å²) < 4.78 is 0. The Hall–Kier alpha value is -0.420. The Morgan fingerprint density at radius 3 is 2.69 bits per heavy atom. The minimum Gasteiger partial charge on any atom is -0.409 e. The van der Waals surface area contributed by atoms with Gasteiger partial charge in [-0.05, 0) is 19.6 Å². The normalized spacial score (nSPS) is 17.0. The maximum absolute atomic E-state index is 8.44. The van der Waals surface area contributed by atoms with Crippen molar-refractivity contribution < 1.29 is 5.21 Å². The summed E-state index contributed by atoms with van der Waals surface area (Å²) in [6, 6.07) is 0.354. The van der Waals surface area contributed by atoms with Crippen LogP contribution in [-0.4, -0.2) is 35.1 Å². The lowest BCUT2D eigenvalue weighted by molar-refractivity contribution is 0.314. The molecule has 0 saturated heterocycles. The standard InChI is InChI=1S/C8H19N3OS/c1-4-7(5-13-3)10-6(2)8(9)11-12/h6-7,10,12H,4-5H2,1-3H3,(H2,9,11). The number of nitrogens with one attached hydrogen (secondary N) is 1. The fraction of sp³-hybridized carbons (Fsp3) is 0.875. The Morgan fingerprint density at radius 1 is 1.69 bits per heavy atom. The van der Waals surface area contributed by atoms with Gasteiger partial charge in [0.2, 0.25) is 0 Å². The molecule has 0 heterocycles. The van der Waals surface area contributed by atoms with E-state index >= 15 is 0 Å². The lowest BCUT2D eigenvalue weighted by Gasteiger charge is -2.20. The van der Waals surface area contributed by atoms with E-state index in [0.29, 0.717) is 6.04 Å². The van der Waals surface area contributed by atoms with E-state index in [-0.39, 0.29) is 11.9 Å². The summed E-state index contributed by atoms with van der Waals surface area (Å²) in [6.07, 6.45) is 3.11. The van der Waals surface area contributed by atoms with Gasteiger partial charge < -0.3 is 16.3 Å². The first kappa shape index (κ1) is 12.6. The van der Waals surface area contributed by atoms with E-state index < -0.39 is 0 Å². The van der Waals surface area contributed by atoms with Crippen LogP contribution in [0.5, 0.6) is 0 Å². The van der Waals surface area contributed by atoms with Crippen molar-refractivity contribution in [2.45, 2.75) is 32.4 Å². The molecule has 0 aromatic rings. The Morgan fingerprint density at radius 2 is 2.31 bits per heavy atom. The summed E-state index contributed by atoms with van der Waals surface area (Å²) in [5.41, 5.74) is 5.45. The average molecular weight is 205 g/mol. The molecule has 5 heteroatoms. The van der Waals surface area contributed by atoms with Crippen molar-refractivity contribution in [1.29, 1.82) is 0 Å². The van der Waals surface area contributed by atoms with Crippen molar-refractivity contribution in [3.05, 3.63) is 0 Å². The summed E-state index contributed by atoms with van der Waals surface area (Å²) in [7, 11) is 0. The van der Waals surface area contributed by atoms with E-state index in [9.17, 15) is 0 Å². The quantitative estimate of drug-likeness (QED) is 0.260. The van der Waals surface area contributed by atoms with Gasteiger partial charge in [0.1, 0.15) is 0 Å². The highest BCUT2D eigenvalue weighted by atomic mass is 32.2. The Bertz CT molecular complexity index is 163. The first-order chi connectivity index (χ1) is 6.15. The smallest absolute Gasteiger partial charge is 0.156 e. The molecular weight excluding hydrogens is 186 g/mol. The lowest BCUT2D eigenvalue weighted by atomic mass is 10.2. The predicted molar refractivity (Wildman–Crippen MR) is 58.5 cm³/mol. The second kappa shape index (κ2) is 7.03. The van der Waals surface area contributed by atoms with Crippen molar-refractivity contribution in [3.8, 4) is 0 Å². The third-order valence-corrected chi connectivity index (χ3v) is 2.64. The third kappa shape index (κ3) is 5.00. The Balaban J connectivity index is 3.92. The van der Waals surface area contributed by atoms with Crippen molar-refractivity contribution in [1.82, 2.24) is 5.32 Å². The summed E-state index contributed by atoms with van der Waals surface area (Å²) in [5.74, 6) is 1.28. The Labute approximate surface area is 84.0 Å². The van der Waals surface area contributed by atoms with E-state index in [2.05, 4.69) is 23.7 Å². The lowest BCUT2D eigenvalue weighted by Crippen LogP contribution is -2.45. The average Bonchev–Trinajstić information content (AvgIpc) is 2.15. The van der Waals surface area contributed by atoms with Crippen LogP contribution in [0.2, 0.25) is 0 Å². The van der Waals surface area contributed by atoms with Crippen molar-refractivity contribution in [2.75, 3.05) is 12.0 Å². The first-order valence-electron chi connectivity index (χ1n) is 4.38. The molecule has 0 amide bonds. The van der Waals surface area contributed by atoms with Gasteiger partial charge in [-0.15, -0.1) is 0 Å². The molecular formula is C8H19N3OS. The fourth-order valence-electron chi connectivity index (χ4n) is 1.01. The summed E-state index contributed by atoms with van der Waals surface area (Å²) >= 11 is 1.79. The SMILES string of the molecule is CCC(CSC)NC(C)C(N)=NO. The first-order valence-corrected chi connectivity index (χ1v) is 5.77. The van der Waals surface area contributed by atoms with Crippen molar-refractivity contribution in [2.24, 2.45) is 10.9 Å². The number of rotatable bonds is 6. The molecule has 0 aliphatic carbocycles. The van der Waals surface area contributed by atoms with Gasteiger partial charge in [0.05, 0.1) is 6.04 Å². The molecule has 0 saturated carbocycles. The van der Waals surface area contributed by atoms with E-state index in [1.165, 1.54) is 0 Å². The van der Waals surface area contributed by atoms with E-state index in [1.54, 1.807) is 11.8 Å². The summed E-state index contributed by atoms with van der Waals surface area (Å²) in [5, 5.41) is 14.7. The van der Waals surface area contributed by atoms with E-state index in [0.717, 1.165) is 12.2 Å². The highest BCUT2D eigenvalue weighted by Gasteiger charge is 2.12. The molecule has 0 bridgehead atoms. The zero-order chi connectivity index (χ0) is 10.3. The summed E-state index contributed by atoms with van der Waals surface area (Å²) in [6.45, 7) is 4.00. The molecule has 0 rings (SSSR count). The van der Waals surface area contributed by atoms with Crippen molar-refractivity contribution >= 4 is 17.6 Å². The third-order valence-electron chi connectivity index (χ3n) is 1.91. The van der Waals surface area contributed by atoms with E-state index in [4.69, 9.17) is 10.9 Å². The molecule has 4 nitrogen and oxygen atoms in total. The van der Waals surface area contributed by atoms with Gasteiger partial charge in [-0.2, -0.15) is 11.8 Å². The Kier molecular flexibility index (Phi) is 6.80. The zero-order valence-electron chi connectivity index (χ0n) is 8.45.